The highest BCUT2D eigenvalue weighted by Crippen LogP contribution is 2.32. The number of halogens is 1. The van der Waals surface area contributed by atoms with Crippen LogP contribution in [0.25, 0.3) is 44.8 Å². The smallest absolute Gasteiger partial charge is 0.0715 e. The van der Waals surface area contributed by atoms with E-state index in [4.69, 9.17) is 10.7 Å². The predicted octanol–water partition coefficient (Wildman–Crippen LogP) is 8.09. The van der Waals surface area contributed by atoms with Crippen LogP contribution in [0.2, 0.25) is 0 Å². The predicted molar refractivity (Wildman–Crippen MR) is 138 cm³/mol. The van der Waals surface area contributed by atoms with E-state index in [1.807, 2.05) is 48.5 Å². The van der Waals surface area contributed by atoms with Gasteiger partial charge in [-0.2, -0.15) is 0 Å². The molecule has 0 amide bonds. The van der Waals surface area contributed by atoms with Crippen molar-refractivity contribution in [2.24, 2.45) is 0 Å². The average Bonchev–Trinajstić information content (AvgIpc) is 2.86. The van der Waals surface area contributed by atoms with Gasteiger partial charge in [0, 0.05) is 21.3 Å². The van der Waals surface area contributed by atoms with Crippen molar-refractivity contribution < 1.29 is 0 Å². The van der Waals surface area contributed by atoms with Crippen molar-refractivity contribution >= 4 is 21.6 Å². The number of anilines is 1. The Morgan fingerprint density at radius 2 is 0.938 bits per heavy atom. The van der Waals surface area contributed by atoms with Crippen LogP contribution in [0.3, 0.4) is 0 Å². The van der Waals surface area contributed by atoms with Crippen LogP contribution < -0.4 is 5.73 Å². The summed E-state index contributed by atoms with van der Waals surface area (Å²) in [5.41, 5.74) is 15.5. The fourth-order valence-corrected chi connectivity index (χ4v) is 4.04. The topological polar surface area (TPSA) is 38.9 Å². The van der Waals surface area contributed by atoms with Gasteiger partial charge in [-0.25, -0.2) is 4.98 Å². The second kappa shape index (κ2) is 8.81. The van der Waals surface area contributed by atoms with Crippen molar-refractivity contribution in [3.63, 3.8) is 0 Å². The normalized spacial score (nSPS) is 10.8. The van der Waals surface area contributed by atoms with Crippen molar-refractivity contribution in [1.29, 1.82) is 0 Å². The summed E-state index contributed by atoms with van der Waals surface area (Å²) in [6.45, 7) is 0. The number of hydrogen-bond donors (Lipinski definition) is 1. The highest BCUT2D eigenvalue weighted by molar-refractivity contribution is 9.10. The van der Waals surface area contributed by atoms with Crippen LogP contribution >= 0.6 is 15.9 Å². The van der Waals surface area contributed by atoms with Gasteiger partial charge < -0.3 is 5.73 Å². The molecule has 0 bridgehead atoms. The quantitative estimate of drug-likeness (QED) is 0.266. The molecule has 5 rings (SSSR count). The summed E-state index contributed by atoms with van der Waals surface area (Å²) in [6, 6.07) is 39.6. The molecule has 1 heterocycles. The molecule has 0 spiro atoms. The van der Waals surface area contributed by atoms with Gasteiger partial charge in [0.05, 0.1) is 11.4 Å². The molecule has 2 N–H and O–H groups in total. The minimum atomic E-state index is 0.737. The van der Waals surface area contributed by atoms with E-state index in [2.05, 4.69) is 82.7 Å². The lowest BCUT2D eigenvalue weighted by atomic mass is 9.97. The second-order valence-corrected chi connectivity index (χ2v) is 8.53. The lowest BCUT2D eigenvalue weighted by Gasteiger charge is -2.11. The number of aromatic nitrogens is 1. The number of benzene rings is 4. The summed E-state index contributed by atoms with van der Waals surface area (Å²) >= 11 is 3.47. The number of hydrogen-bond acceptors (Lipinski definition) is 2. The van der Waals surface area contributed by atoms with Crippen molar-refractivity contribution in [3.05, 3.63) is 120 Å². The molecule has 154 valence electrons. The summed E-state index contributed by atoms with van der Waals surface area (Å²) in [5.74, 6) is 0. The molecule has 0 unspecified atom stereocenters. The number of nitrogens with two attached hydrogens (primary N) is 1. The fourth-order valence-electron chi connectivity index (χ4n) is 3.79. The van der Waals surface area contributed by atoms with Crippen molar-refractivity contribution in [2.75, 3.05) is 5.73 Å². The molecule has 4 aromatic carbocycles. The number of nitrogens with zero attached hydrogens (tertiary/aromatic N) is 1. The standard InChI is InChI=1S/C29H21BrN2/c30-26-16-15-24(17-27(26)31)20-11-13-21(14-12-20)25-18-28(22-7-3-1-4-8-22)32-29(19-25)23-9-5-2-6-10-23/h1-19H,31H2. The number of rotatable bonds is 4. The average molecular weight is 477 g/mol. The molecule has 0 fully saturated rings. The first kappa shape index (κ1) is 20.2. The molecular formula is C29H21BrN2. The summed E-state index contributed by atoms with van der Waals surface area (Å²) in [7, 11) is 0. The molecular weight excluding hydrogens is 456 g/mol. The first-order valence-electron chi connectivity index (χ1n) is 10.5. The molecule has 0 saturated carbocycles. The molecule has 0 aliphatic carbocycles. The van der Waals surface area contributed by atoms with E-state index in [1.54, 1.807) is 0 Å². The number of nitrogen functional groups attached to an aromatic ring is 1. The molecule has 0 aliphatic rings. The molecule has 0 saturated heterocycles. The van der Waals surface area contributed by atoms with Gasteiger partial charge in [0.25, 0.3) is 0 Å². The maximum absolute atomic E-state index is 6.07. The van der Waals surface area contributed by atoms with Crippen LogP contribution in [0.15, 0.2) is 120 Å². The largest absolute Gasteiger partial charge is 0.398 e. The summed E-state index contributed by atoms with van der Waals surface area (Å²) < 4.78 is 0.913. The Bertz CT molecular complexity index is 1300. The van der Waals surface area contributed by atoms with Gasteiger partial charge in [-0.15, -0.1) is 0 Å². The first-order valence-corrected chi connectivity index (χ1v) is 11.3. The molecule has 0 radical (unpaired) electrons. The summed E-state index contributed by atoms with van der Waals surface area (Å²) in [5, 5.41) is 0. The van der Waals surface area contributed by atoms with Crippen LogP contribution in [0.1, 0.15) is 0 Å². The minimum absolute atomic E-state index is 0.737. The highest BCUT2D eigenvalue weighted by Gasteiger charge is 2.09. The van der Waals surface area contributed by atoms with Crippen LogP contribution in [-0.2, 0) is 0 Å². The van der Waals surface area contributed by atoms with Gasteiger partial charge in [-0.05, 0) is 62.4 Å². The Hall–Kier alpha value is -3.69. The zero-order valence-corrected chi connectivity index (χ0v) is 19.0. The Balaban J connectivity index is 1.58. The van der Waals surface area contributed by atoms with Crippen molar-refractivity contribution in [3.8, 4) is 44.8 Å². The maximum Gasteiger partial charge on any atom is 0.0715 e. The third-order valence-electron chi connectivity index (χ3n) is 5.51. The van der Waals surface area contributed by atoms with E-state index in [0.29, 0.717) is 0 Å². The van der Waals surface area contributed by atoms with Gasteiger partial charge >= 0.3 is 0 Å². The van der Waals surface area contributed by atoms with Crippen LogP contribution in [0, 0.1) is 0 Å². The van der Waals surface area contributed by atoms with Crippen LogP contribution in [0.5, 0.6) is 0 Å². The molecule has 0 aliphatic heterocycles. The summed E-state index contributed by atoms with van der Waals surface area (Å²) in [6.07, 6.45) is 0. The Morgan fingerprint density at radius 3 is 1.44 bits per heavy atom. The summed E-state index contributed by atoms with van der Waals surface area (Å²) in [4.78, 5) is 4.96. The van der Waals surface area contributed by atoms with Gasteiger partial charge in [0.2, 0.25) is 0 Å². The highest BCUT2D eigenvalue weighted by atomic mass is 79.9. The molecule has 1 aromatic heterocycles. The zero-order chi connectivity index (χ0) is 21.9. The van der Waals surface area contributed by atoms with Crippen molar-refractivity contribution in [1.82, 2.24) is 4.98 Å². The third kappa shape index (κ3) is 4.20. The molecule has 0 atom stereocenters. The first-order chi connectivity index (χ1) is 15.7. The van der Waals surface area contributed by atoms with E-state index < -0.39 is 0 Å². The maximum atomic E-state index is 6.07. The van der Waals surface area contributed by atoms with Gasteiger partial charge in [-0.3, -0.25) is 0 Å². The lowest BCUT2D eigenvalue weighted by Crippen LogP contribution is -1.91. The Labute approximate surface area is 196 Å². The molecule has 2 nitrogen and oxygen atoms in total. The molecule has 3 heteroatoms. The SMILES string of the molecule is Nc1cc(-c2ccc(-c3cc(-c4ccccc4)nc(-c4ccccc4)c3)cc2)ccc1Br. The molecule has 32 heavy (non-hydrogen) atoms. The Morgan fingerprint density at radius 1 is 0.469 bits per heavy atom. The lowest BCUT2D eigenvalue weighted by molar-refractivity contribution is 1.32. The van der Waals surface area contributed by atoms with Gasteiger partial charge in [-0.1, -0.05) is 91.0 Å². The van der Waals surface area contributed by atoms with Crippen molar-refractivity contribution in [2.45, 2.75) is 0 Å². The monoisotopic (exact) mass is 476 g/mol. The van der Waals surface area contributed by atoms with Gasteiger partial charge in [0.15, 0.2) is 0 Å². The molecule has 5 aromatic rings. The Kier molecular flexibility index (Phi) is 5.57. The van der Waals surface area contributed by atoms with Crippen LogP contribution in [-0.4, -0.2) is 4.98 Å². The van der Waals surface area contributed by atoms with E-state index in [0.717, 1.165) is 54.9 Å². The van der Waals surface area contributed by atoms with E-state index >= 15 is 0 Å². The zero-order valence-electron chi connectivity index (χ0n) is 17.4. The fraction of sp³-hybridized carbons (Fsp3) is 0. The second-order valence-electron chi connectivity index (χ2n) is 7.67. The minimum Gasteiger partial charge on any atom is -0.398 e. The van der Waals surface area contributed by atoms with E-state index in [-0.39, 0.29) is 0 Å². The third-order valence-corrected chi connectivity index (χ3v) is 6.23. The van der Waals surface area contributed by atoms with E-state index in [1.165, 1.54) is 0 Å². The van der Waals surface area contributed by atoms with Crippen LogP contribution in [0.4, 0.5) is 5.69 Å². The van der Waals surface area contributed by atoms with E-state index in [9.17, 15) is 0 Å². The number of pyridine rings is 1. The van der Waals surface area contributed by atoms with Gasteiger partial charge in [0.1, 0.15) is 0 Å².